The van der Waals surface area contributed by atoms with E-state index in [1.54, 1.807) is 24.1 Å². The molecular formula is C17H15N3O. The summed E-state index contributed by atoms with van der Waals surface area (Å²) >= 11 is 0. The van der Waals surface area contributed by atoms with Crippen LogP contribution in [0.3, 0.4) is 0 Å². The largest absolute Gasteiger partial charge is 0.397 e. The fraction of sp³-hybridized carbons (Fsp3) is 0.0588. The monoisotopic (exact) mass is 277 g/mol. The number of carbonyl (C=O) groups excluding carboxylic acids is 1. The molecule has 2 N–H and O–H groups in total. The van der Waals surface area contributed by atoms with E-state index in [-0.39, 0.29) is 5.91 Å². The van der Waals surface area contributed by atoms with E-state index >= 15 is 0 Å². The number of fused-ring (bicyclic) bond motifs is 1. The van der Waals surface area contributed by atoms with Crippen molar-refractivity contribution in [1.82, 2.24) is 4.98 Å². The first-order chi connectivity index (χ1) is 10.2. The van der Waals surface area contributed by atoms with Gasteiger partial charge >= 0.3 is 0 Å². The third-order valence-corrected chi connectivity index (χ3v) is 3.42. The molecule has 21 heavy (non-hydrogen) atoms. The van der Waals surface area contributed by atoms with Gasteiger partial charge in [-0.3, -0.25) is 4.79 Å². The number of rotatable bonds is 2. The standard InChI is InChI=1S/C17H15N3O/c1-20(13-7-3-2-4-8-13)17(21)15-11-10-12-6-5-9-14(18)16(12)19-15/h2-11H,18H2,1H3. The Bertz CT molecular complexity index is 799. The highest BCUT2D eigenvalue weighted by Crippen LogP contribution is 2.20. The lowest BCUT2D eigenvalue weighted by atomic mass is 10.1. The first-order valence-electron chi connectivity index (χ1n) is 6.65. The van der Waals surface area contributed by atoms with Gasteiger partial charge in [-0.15, -0.1) is 0 Å². The number of aromatic nitrogens is 1. The molecule has 0 saturated heterocycles. The molecule has 4 heteroatoms. The summed E-state index contributed by atoms with van der Waals surface area (Å²) in [6.45, 7) is 0. The SMILES string of the molecule is CN(C(=O)c1ccc2cccc(N)c2n1)c1ccccc1. The Balaban J connectivity index is 2.00. The van der Waals surface area contributed by atoms with E-state index in [1.165, 1.54) is 0 Å². The predicted octanol–water partition coefficient (Wildman–Crippen LogP) is 3.09. The number of para-hydroxylation sites is 2. The molecule has 3 aromatic rings. The normalized spacial score (nSPS) is 10.5. The van der Waals surface area contributed by atoms with Crippen LogP contribution in [0.4, 0.5) is 11.4 Å². The van der Waals surface area contributed by atoms with Crippen molar-refractivity contribution in [3.8, 4) is 0 Å². The van der Waals surface area contributed by atoms with Crippen LogP contribution in [-0.2, 0) is 0 Å². The zero-order valence-corrected chi connectivity index (χ0v) is 11.7. The highest BCUT2D eigenvalue weighted by Gasteiger charge is 2.15. The van der Waals surface area contributed by atoms with E-state index in [0.29, 0.717) is 16.9 Å². The number of nitrogens with zero attached hydrogens (tertiary/aromatic N) is 2. The van der Waals surface area contributed by atoms with Crippen molar-refractivity contribution in [3.05, 3.63) is 66.4 Å². The Labute approximate surface area is 122 Å². The lowest BCUT2D eigenvalue weighted by molar-refractivity contribution is 0.0988. The number of carbonyl (C=O) groups is 1. The van der Waals surface area contributed by atoms with Gasteiger partial charge in [0.15, 0.2) is 0 Å². The smallest absolute Gasteiger partial charge is 0.276 e. The summed E-state index contributed by atoms with van der Waals surface area (Å²) in [5, 5.41) is 0.925. The first kappa shape index (κ1) is 13.1. The highest BCUT2D eigenvalue weighted by atomic mass is 16.2. The molecule has 4 nitrogen and oxygen atoms in total. The van der Waals surface area contributed by atoms with Crippen LogP contribution in [0, 0.1) is 0 Å². The van der Waals surface area contributed by atoms with E-state index in [1.807, 2.05) is 48.5 Å². The van der Waals surface area contributed by atoms with Gasteiger partial charge in [0.05, 0.1) is 11.2 Å². The van der Waals surface area contributed by atoms with Gasteiger partial charge in [-0.1, -0.05) is 36.4 Å². The second-order valence-electron chi connectivity index (χ2n) is 4.82. The Hall–Kier alpha value is -2.88. The zero-order valence-electron chi connectivity index (χ0n) is 11.7. The summed E-state index contributed by atoms with van der Waals surface area (Å²) in [5.41, 5.74) is 8.36. The summed E-state index contributed by atoms with van der Waals surface area (Å²) in [4.78, 5) is 18.5. The molecule has 0 aliphatic rings. The summed E-state index contributed by atoms with van der Waals surface area (Å²) in [6, 6.07) is 18.6. The van der Waals surface area contributed by atoms with Crippen molar-refractivity contribution >= 4 is 28.2 Å². The van der Waals surface area contributed by atoms with Crippen molar-refractivity contribution in [3.63, 3.8) is 0 Å². The maximum atomic E-state index is 12.5. The average Bonchev–Trinajstić information content (AvgIpc) is 2.54. The van der Waals surface area contributed by atoms with Gasteiger partial charge in [-0.2, -0.15) is 0 Å². The number of nitrogens with two attached hydrogens (primary N) is 1. The van der Waals surface area contributed by atoms with Crippen LogP contribution in [0.1, 0.15) is 10.5 Å². The predicted molar refractivity (Wildman–Crippen MR) is 85.3 cm³/mol. The third-order valence-electron chi connectivity index (χ3n) is 3.42. The van der Waals surface area contributed by atoms with Crippen LogP contribution in [0.2, 0.25) is 0 Å². The molecule has 0 radical (unpaired) electrons. The lowest BCUT2D eigenvalue weighted by Gasteiger charge is -2.17. The summed E-state index contributed by atoms with van der Waals surface area (Å²) in [7, 11) is 1.73. The van der Waals surface area contributed by atoms with Crippen LogP contribution in [-0.4, -0.2) is 17.9 Å². The summed E-state index contributed by atoms with van der Waals surface area (Å²) < 4.78 is 0. The minimum atomic E-state index is -0.161. The second kappa shape index (κ2) is 5.25. The average molecular weight is 277 g/mol. The Kier molecular flexibility index (Phi) is 3.28. The van der Waals surface area contributed by atoms with Gasteiger partial charge in [0.25, 0.3) is 5.91 Å². The molecule has 0 fully saturated rings. The Morgan fingerprint density at radius 2 is 1.76 bits per heavy atom. The topological polar surface area (TPSA) is 59.2 Å². The maximum Gasteiger partial charge on any atom is 0.276 e. The molecule has 0 atom stereocenters. The van der Waals surface area contributed by atoms with Crippen molar-refractivity contribution in [1.29, 1.82) is 0 Å². The van der Waals surface area contributed by atoms with Gasteiger partial charge in [0, 0.05) is 18.1 Å². The molecule has 0 spiro atoms. The number of anilines is 2. The molecule has 2 aromatic carbocycles. The molecule has 1 amide bonds. The summed E-state index contributed by atoms with van der Waals surface area (Å²) in [6.07, 6.45) is 0. The molecule has 0 aliphatic heterocycles. The number of hydrogen-bond acceptors (Lipinski definition) is 3. The number of amides is 1. The number of hydrogen-bond donors (Lipinski definition) is 1. The molecule has 1 aromatic heterocycles. The molecule has 0 bridgehead atoms. The van der Waals surface area contributed by atoms with E-state index < -0.39 is 0 Å². The van der Waals surface area contributed by atoms with Crippen LogP contribution in [0.5, 0.6) is 0 Å². The first-order valence-corrected chi connectivity index (χ1v) is 6.65. The van der Waals surface area contributed by atoms with E-state index in [4.69, 9.17) is 5.73 Å². The summed E-state index contributed by atoms with van der Waals surface area (Å²) in [5.74, 6) is -0.161. The van der Waals surface area contributed by atoms with Crippen molar-refractivity contribution in [2.75, 3.05) is 17.7 Å². The van der Waals surface area contributed by atoms with Crippen molar-refractivity contribution in [2.45, 2.75) is 0 Å². The Morgan fingerprint density at radius 3 is 2.52 bits per heavy atom. The van der Waals surface area contributed by atoms with Crippen LogP contribution < -0.4 is 10.6 Å². The van der Waals surface area contributed by atoms with Crippen LogP contribution >= 0.6 is 0 Å². The molecule has 104 valence electrons. The van der Waals surface area contributed by atoms with Crippen molar-refractivity contribution in [2.24, 2.45) is 0 Å². The maximum absolute atomic E-state index is 12.5. The minimum absolute atomic E-state index is 0.161. The molecule has 0 aliphatic carbocycles. The van der Waals surface area contributed by atoms with Gasteiger partial charge in [-0.25, -0.2) is 4.98 Å². The second-order valence-corrected chi connectivity index (χ2v) is 4.82. The van der Waals surface area contributed by atoms with E-state index in [0.717, 1.165) is 11.1 Å². The zero-order chi connectivity index (χ0) is 14.8. The highest BCUT2D eigenvalue weighted by molar-refractivity contribution is 6.06. The van der Waals surface area contributed by atoms with Crippen molar-refractivity contribution < 1.29 is 4.79 Å². The van der Waals surface area contributed by atoms with Gasteiger partial charge in [-0.05, 0) is 24.3 Å². The third kappa shape index (κ3) is 2.43. The Morgan fingerprint density at radius 1 is 1.00 bits per heavy atom. The van der Waals surface area contributed by atoms with Gasteiger partial charge < -0.3 is 10.6 Å². The molecule has 0 unspecified atom stereocenters. The van der Waals surface area contributed by atoms with E-state index in [9.17, 15) is 4.79 Å². The molecule has 0 saturated carbocycles. The quantitative estimate of drug-likeness (QED) is 0.732. The molecule has 3 rings (SSSR count). The molecule has 1 heterocycles. The van der Waals surface area contributed by atoms with Crippen LogP contribution in [0.15, 0.2) is 60.7 Å². The van der Waals surface area contributed by atoms with Gasteiger partial charge in [0.2, 0.25) is 0 Å². The van der Waals surface area contributed by atoms with E-state index in [2.05, 4.69) is 4.98 Å². The van der Waals surface area contributed by atoms with Gasteiger partial charge in [0.1, 0.15) is 5.69 Å². The minimum Gasteiger partial charge on any atom is -0.397 e. The number of nitrogen functional groups attached to an aromatic ring is 1. The fourth-order valence-electron chi connectivity index (χ4n) is 2.23. The number of pyridine rings is 1. The van der Waals surface area contributed by atoms with Crippen LogP contribution in [0.25, 0.3) is 10.9 Å². The molecular weight excluding hydrogens is 262 g/mol. The number of benzene rings is 2. The fourth-order valence-corrected chi connectivity index (χ4v) is 2.23. The lowest BCUT2D eigenvalue weighted by Crippen LogP contribution is -2.27.